The topological polar surface area (TPSA) is 66.5 Å². The van der Waals surface area contributed by atoms with Gasteiger partial charge in [0.2, 0.25) is 5.91 Å². The van der Waals surface area contributed by atoms with Crippen molar-refractivity contribution >= 4 is 39.1 Å². The highest BCUT2D eigenvalue weighted by molar-refractivity contribution is 7.99. The Labute approximate surface area is 146 Å². The fourth-order valence-electron chi connectivity index (χ4n) is 2.81. The molecular weight excluding hydrogens is 344 g/mol. The van der Waals surface area contributed by atoms with Gasteiger partial charge in [-0.25, -0.2) is 8.42 Å². The van der Waals surface area contributed by atoms with Crippen molar-refractivity contribution in [2.24, 2.45) is 0 Å². The maximum Gasteiger partial charge on any atom is 0.261 e. The molecule has 0 saturated carbocycles. The van der Waals surface area contributed by atoms with Gasteiger partial charge < -0.3 is 4.90 Å². The van der Waals surface area contributed by atoms with Crippen LogP contribution in [0.5, 0.6) is 0 Å². The summed E-state index contributed by atoms with van der Waals surface area (Å²) in [5.41, 5.74) is 2.24. The lowest BCUT2D eigenvalue weighted by Gasteiger charge is -2.15. The molecule has 1 aliphatic heterocycles. The number of carbonyl (C=O) groups excluding carboxylic acids is 1. The van der Waals surface area contributed by atoms with Gasteiger partial charge in [-0.05, 0) is 48.6 Å². The molecule has 0 aliphatic carbocycles. The van der Waals surface area contributed by atoms with Crippen LogP contribution in [-0.4, -0.2) is 27.1 Å². The Morgan fingerprint density at radius 3 is 2.67 bits per heavy atom. The number of hydrogen-bond acceptors (Lipinski definition) is 4. The van der Waals surface area contributed by atoms with Crippen LogP contribution < -0.4 is 9.62 Å². The minimum atomic E-state index is -3.67. The Morgan fingerprint density at radius 2 is 1.96 bits per heavy atom. The molecule has 1 aliphatic rings. The summed E-state index contributed by atoms with van der Waals surface area (Å²) >= 11 is 1.48. The average molecular weight is 362 g/mol. The molecule has 0 fully saturated rings. The van der Waals surface area contributed by atoms with Gasteiger partial charge in [-0.1, -0.05) is 12.1 Å². The molecule has 5 nitrogen and oxygen atoms in total. The second-order valence-corrected chi connectivity index (χ2v) is 8.05. The lowest BCUT2D eigenvalue weighted by molar-refractivity contribution is -0.116. The molecule has 0 spiro atoms. The highest BCUT2D eigenvalue weighted by Crippen LogP contribution is 2.32. The minimum Gasteiger partial charge on any atom is -0.312 e. The summed E-state index contributed by atoms with van der Waals surface area (Å²) in [6.07, 6.45) is 2.57. The van der Waals surface area contributed by atoms with Crippen LogP contribution in [0.4, 0.5) is 11.4 Å². The van der Waals surface area contributed by atoms with E-state index in [1.165, 1.54) is 18.7 Å². The Hall–Kier alpha value is -1.99. The van der Waals surface area contributed by atoms with Crippen molar-refractivity contribution in [3.63, 3.8) is 0 Å². The zero-order valence-corrected chi connectivity index (χ0v) is 15.1. The van der Waals surface area contributed by atoms with Gasteiger partial charge in [0, 0.05) is 24.1 Å². The maximum atomic E-state index is 12.7. The Bertz CT molecular complexity index is 894. The SMILES string of the molecule is CSc1ccccc1NS(=O)(=O)c1ccc2c(c1)CCN2C(C)=O. The number of para-hydroxylation sites is 1. The lowest BCUT2D eigenvalue weighted by Crippen LogP contribution is -2.25. The number of carbonyl (C=O) groups is 1. The Kier molecular flexibility index (Phi) is 4.56. The second-order valence-electron chi connectivity index (χ2n) is 5.52. The number of rotatable bonds is 4. The summed E-state index contributed by atoms with van der Waals surface area (Å²) in [5.74, 6) is -0.0311. The van der Waals surface area contributed by atoms with E-state index in [4.69, 9.17) is 0 Å². The standard InChI is InChI=1S/C17H18N2O3S2/c1-12(20)19-10-9-13-11-14(7-8-16(13)19)24(21,22)18-15-5-3-4-6-17(15)23-2/h3-8,11,18H,9-10H2,1-2H3. The molecule has 1 N–H and O–H groups in total. The summed E-state index contributed by atoms with van der Waals surface area (Å²) < 4.78 is 28.0. The third kappa shape index (κ3) is 3.14. The second kappa shape index (κ2) is 6.49. The molecule has 0 atom stereocenters. The lowest BCUT2D eigenvalue weighted by atomic mass is 10.2. The van der Waals surface area contributed by atoms with Crippen molar-refractivity contribution in [2.75, 3.05) is 22.4 Å². The quantitative estimate of drug-likeness (QED) is 0.849. The first-order valence-electron chi connectivity index (χ1n) is 7.49. The molecule has 0 radical (unpaired) electrons. The highest BCUT2D eigenvalue weighted by atomic mass is 32.2. The zero-order chi connectivity index (χ0) is 17.3. The van der Waals surface area contributed by atoms with Crippen molar-refractivity contribution in [2.45, 2.75) is 23.1 Å². The number of benzene rings is 2. The summed E-state index contributed by atoms with van der Waals surface area (Å²) in [7, 11) is -3.67. The first-order chi connectivity index (χ1) is 11.4. The van der Waals surface area contributed by atoms with E-state index in [9.17, 15) is 13.2 Å². The molecule has 126 valence electrons. The van der Waals surface area contributed by atoms with Crippen LogP contribution in [0.15, 0.2) is 52.3 Å². The molecule has 0 unspecified atom stereocenters. The number of nitrogens with zero attached hydrogens (tertiary/aromatic N) is 1. The minimum absolute atomic E-state index is 0.0311. The number of nitrogens with one attached hydrogen (secondary N) is 1. The molecule has 0 bridgehead atoms. The third-order valence-corrected chi connectivity index (χ3v) is 6.15. The fraction of sp³-hybridized carbons (Fsp3) is 0.235. The van der Waals surface area contributed by atoms with Crippen molar-refractivity contribution in [3.05, 3.63) is 48.0 Å². The summed E-state index contributed by atoms with van der Waals surface area (Å²) in [4.78, 5) is 14.3. The van der Waals surface area contributed by atoms with E-state index >= 15 is 0 Å². The van der Waals surface area contributed by atoms with E-state index in [2.05, 4.69) is 4.72 Å². The Balaban J connectivity index is 1.93. The van der Waals surface area contributed by atoms with E-state index in [-0.39, 0.29) is 10.8 Å². The van der Waals surface area contributed by atoms with Crippen LogP contribution in [0.25, 0.3) is 0 Å². The third-order valence-electron chi connectivity index (χ3n) is 3.99. The van der Waals surface area contributed by atoms with Gasteiger partial charge in [-0.2, -0.15) is 0 Å². The molecule has 24 heavy (non-hydrogen) atoms. The van der Waals surface area contributed by atoms with Crippen LogP contribution in [0.1, 0.15) is 12.5 Å². The van der Waals surface area contributed by atoms with E-state index in [1.807, 2.05) is 18.4 Å². The smallest absolute Gasteiger partial charge is 0.261 e. The van der Waals surface area contributed by atoms with Gasteiger partial charge in [0.25, 0.3) is 10.0 Å². The summed E-state index contributed by atoms with van der Waals surface area (Å²) in [5, 5.41) is 0. The maximum absolute atomic E-state index is 12.7. The van der Waals surface area contributed by atoms with Gasteiger partial charge in [0.15, 0.2) is 0 Å². The molecule has 7 heteroatoms. The molecule has 2 aromatic rings. The van der Waals surface area contributed by atoms with Gasteiger partial charge in [0.1, 0.15) is 0 Å². The highest BCUT2D eigenvalue weighted by Gasteiger charge is 2.25. The predicted octanol–water partition coefficient (Wildman–Crippen LogP) is 3.12. The van der Waals surface area contributed by atoms with Gasteiger partial charge >= 0.3 is 0 Å². The van der Waals surface area contributed by atoms with Crippen molar-refractivity contribution in [3.8, 4) is 0 Å². The number of amides is 1. The number of fused-ring (bicyclic) bond motifs is 1. The molecule has 0 saturated heterocycles. The van der Waals surface area contributed by atoms with Crippen molar-refractivity contribution in [1.29, 1.82) is 0 Å². The summed E-state index contributed by atoms with van der Waals surface area (Å²) in [6.45, 7) is 2.11. The van der Waals surface area contributed by atoms with E-state index in [0.717, 1.165) is 16.1 Å². The summed E-state index contributed by atoms with van der Waals surface area (Å²) in [6, 6.07) is 12.2. The van der Waals surface area contributed by atoms with E-state index in [0.29, 0.717) is 18.7 Å². The number of sulfonamides is 1. The van der Waals surface area contributed by atoms with Gasteiger partial charge in [0.05, 0.1) is 10.6 Å². The molecule has 1 heterocycles. The molecule has 2 aromatic carbocycles. The molecule has 3 rings (SSSR count). The number of anilines is 2. The van der Waals surface area contributed by atoms with Crippen LogP contribution in [0.2, 0.25) is 0 Å². The van der Waals surface area contributed by atoms with Crippen LogP contribution in [-0.2, 0) is 21.2 Å². The van der Waals surface area contributed by atoms with Crippen LogP contribution in [0, 0.1) is 0 Å². The predicted molar refractivity (Wildman–Crippen MR) is 97.2 cm³/mol. The first kappa shape index (κ1) is 16.9. The number of hydrogen-bond donors (Lipinski definition) is 1. The van der Waals surface area contributed by atoms with Crippen molar-refractivity contribution < 1.29 is 13.2 Å². The average Bonchev–Trinajstić information content (AvgIpc) is 2.98. The van der Waals surface area contributed by atoms with E-state index < -0.39 is 10.0 Å². The van der Waals surface area contributed by atoms with Gasteiger partial charge in [-0.15, -0.1) is 11.8 Å². The normalized spacial score (nSPS) is 13.7. The largest absolute Gasteiger partial charge is 0.312 e. The molecule has 0 aromatic heterocycles. The fourth-order valence-corrected chi connectivity index (χ4v) is 4.55. The zero-order valence-electron chi connectivity index (χ0n) is 13.4. The van der Waals surface area contributed by atoms with Crippen LogP contribution in [0.3, 0.4) is 0 Å². The molecular formula is C17H18N2O3S2. The van der Waals surface area contributed by atoms with Gasteiger partial charge in [-0.3, -0.25) is 9.52 Å². The number of thioether (sulfide) groups is 1. The van der Waals surface area contributed by atoms with Crippen molar-refractivity contribution in [1.82, 2.24) is 0 Å². The Morgan fingerprint density at radius 1 is 1.21 bits per heavy atom. The molecule has 1 amide bonds. The monoisotopic (exact) mass is 362 g/mol. The van der Waals surface area contributed by atoms with Crippen LogP contribution >= 0.6 is 11.8 Å². The van der Waals surface area contributed by atoms with E-state index in [1.54, 1.807) is 35.2 Å². The first-order valence-corrected chi connectivity index (χ1v) is 10.2.